The lowest BCUT2D eigenvalue weighted by Gasteiger charge is -2.46. The lowest BCUT2D eigenvalue weighted by Crippen LogP contribution is -2.62. The Balaban J connectivity index is 1.73. The molecule has 2 aromatic rings. The second kappa shape index (κ2) is 6.15. The lowest BCUT2D eigenvalue weighted by atomic mass is 9.84. The predicted octanol–water partition coefficient (Wildman–Crippen LogP) is 3.18. The van der Waals surface area contributed by atoms with Gasteiger partial charge in [0.15, 0.2) is 0 Å². The fraction of sp³-hybridized carbons (Fsp3) is 0.524. The van der Waals surface area contributed by atoms with Crippen LogP contribution in [0.5, 0.6) is 0 Å². The van der Waals surface area contributed by atoms with Gasteiger partial charge in [-0.25, -0.2) is 0 Å². The Bertz CT molecular complexity index is 869. The highest BCUT2D eigenvalue weighted by Crippen LogP contribution is 2.40. The van der Waals surface area contributed by atoms with Crippen molar-refractivity contribution >= 4 is 22.7 Å². The molecule has 26 heavy (non-hydrogen) atoms. The summed E-state index contributed by atoms with van der Waals surface area (Å²) in [5.74, 6) is 0.128. The summed E-state index contributed by atoms with van der Waals surface area (Å²) in [6.07, 6.45) is 3.42. The molecule has 1 aromatic carbocycles. The minimum Gasteiger partial charge on any atom is -0.340 e. The zero-order valence-corrected chi connectivity index (χ0v) is 15.9. The van der Waals surface area contributed by atoms with Gasteiger partial charge in [0, 0.05) is 37.1 Å². The summed E-state index contributed by atoms with van der Waals surface area (Å²) in [7, 11) is 1.93. The molecule has 5 heteroatoms. The average molecular weight is 353 g/mol. The van der Waals surface area contributed by atoms with Gasteiger partial charge < -0.3 is 14.4 Å². The van der Waals surface area contributed by atoms with E-state index in [0.29, 0.717) is 12.2 Å². The van der Waals surface area contributed by atoms with E-state index in [9.17, 15) is 9.59 Å². The second-order valence-electron chi connectivity index (χ2n) is 7.94. The van der Waals surface area contributed by atoms with Gasteiger partial charge in [-0.3, -0.25) is 9.59 Å². The highest BCUT2D eigenvalue weighted by Gasteiger charge is 2.53. The third-order valence-corrected chi connectivity index (χ3v) is 6.18. The zero-order chi connectivity index (χ0) is 18.5. The van der Waals surface area contributed by atoms with Gasteiger partial charge in [0.2, 0.25) is 5.91 Å². The number of para-hydroxylation sites is 1. The fourth-order valence-corrected chi connectivity index (χ4v) is 4.80. The standard InChI is InChI=1S/C21H27N3O2/c1-15(2)23-12-6-10-21(20(23)26)11-7-13-24(21)19(25)18-14-16-8-4-5-9-17(16)22(18)3/h4-5,8-9,14-15H,6-7,10-13H2,1-3H3. The molecule has 1 atom stereocenters. The molecule has 3 heterocycles. The first-order valence-electron chi connectivity index (χ1n) is 9.63. The SMILES string of the molecule is CC(C)N1CCCC2(CCCN2C(=O)c2cc3ccccc3n2C)C1=O. The van der Waals surface area contributed by atoms with Crippen LogP contribution >= 0.6 is 0 Å². The highest BCUT2D eigenvalue weighted by molar-refractivity contribution is 6.02. The van der Waals surface area contributed by atoms with E-state index < -0.39 is 5.54 Å². The molecule has 0 bridgehead atoms. The first-order chi connectivity index (χ1) is 12.5. The lowest BCUT2D eigenvalue weighted by molar-refractivity contribution is -0.147. The van der Waals surface area contributed by atoms with Gasteiger partial charge in [-0.15, -0.1) is 0 Å². The topological polar surface area (TPSA) is 45.5 Å². The fourth-order valence-electron chi connectivity index (χ4n) is 4.80. The van der Waals surface area contributed by atoms with Crippen LogP contribution in [0.1, 0.15) is 50.0 Å². The molecule has 2 saturated heterocycles. The van der Waals surface area contributed by atoms with Crippen LogP contribution in [-0.4, -0.2) is 50.9 Å². The number of likely N-dealkylation sites (tertiary alicyclic amines) is 2. The summed E-state index contributed by atoms with van der Waals surface area (Å²) in [6.45, 7) is 5.58. The van der Waals surface area contributed by atoms with Crippen LogP contribution < -0.4 is 0 Å². The Morgan fingerprint density at radius 1 is 1.12 bits per heavy atom. The number of fused-ring (bicyclic) bond motifs is 1. The molecular weight excluding hydrogens is 326 g/mol. The maximum Gasteiger partial charge on any atom is 0.271 e. The van der Waals surface area contributed by atoms with E-state index in [4.69, 9.17) is 0 Å². The van der Waals surface area contributed by atoms with Crippen LogP contribution in [0.2, 0.25) is 0 Å². The van der Waals surface area contributed by atoms with Crippen molar-refractivity contribution in [3.05, 3.63) is 36.0 Å². The van der Waals surface area contributed by atoms with E-state index in [1.807, 2.05) is 51.7 Å². The van der Waals surface area contributed by atoms with Crippen LogP contribution in [0.3, 0.4) is 0 Å². The number of piperidine rings is 1. The Kier molecular flexibility index (Phi) is 4.05. The number of aryl methyl sites for hydroxylation is 1. The van der Waals surface area contributed by atoms with Gasteiger partial charge in [0.1, 0.15) is 11.2 Å². The molecule has 1 unspecified atom stereocenters. The Labute approximate surface area is 154 Å². The number of aromatic nitrogens is 1. The number of benzene rings is 1. The van der Waals surface area contributed by atoms with Crippen molar-refractivity contribution in [1.29, 1.82) is 0 Å². The zero-order valence-electron chi connectivity index (χ0n) is 15.9. The van der Waals surface area contributed by atoms with Gasteiger partial charge in [0.05, 0.1) is 0 Å². The van der Waals surface area contributed by atoms with Gasteiger partial charge in [-0.1, -0.05) is 18.2 Å². The quantitative estimate of drug-likeness (QED) is 0.832. The molecule has 2 fully saturated rings. The number of rotatable bonds is 2. The number of nitrogens with zero attached hydrogens (tertiary/aromatic N) is 3. The van der Waals surface area contributed by atoms with Crippen LogP contribution in [0.25, 0.3) is 10.9 Å². The van der Waals surface area contributed by atoms with E-state index in [0.717, 1.165) is 43.1 Å². The second-order valence-corrected chi connectivity index (χ2v) is 7.94. The van der Waals surface area contributed by atoms with Crippen molar-refractivity contribution in [2.45, 2.75) is 51.1 Å². The Hall–Kier alpha value is -2.30. The van der Waals surface area contributed by atoms with E-state index in [-0.39, 0.29) is 17.9 Å². The van der Waals surface area contributed by atoms with Crippen molar-refractivity contribution < 1.29 is 9.59 Å². The molecular formula is C21H27N3O2. The molecule has 138 valence electrons. The minimum absolute atomic E-state index is 0.0137. The Morgan fingerprint density at radius 2 is 1.81 bits per heavy atom. The number of amides is 2. The molecule has 5 nitrogen and oxygen atoms in total. The molecule has 1 aromatic heterocycles. The summed E-state index contributed by atoms with van der Waals surface area (Å²) in [5, 5.41) is 1.06. The maximum absolute atomic E-state index is 13.5. The highest BCUT2D eigenvalue weighted by atomic mass is 16.2. The van der Waals surface area contributed by atoms with Crippen molar-refractivity contribution in [1.82, 2.24) is 14.4 Å². The molecule has 0 N–H and O–H groups in total. The summed E-state index contributed by atoms with van der Waals surface area (Å²) in [5.41, 5.74) is 1.07. The molecule has 2 aliphatic rings. The number of carbonyl (C=O) groups excluding carboxylic acids is 2. The summed E-state index contributed by atoms with van der Waals surface area (Å²) in [6, 6.07) is 10.2. The normalized spacial score (nSPS) is 23.6. The van der Waals surface area contributed by atoms with Gasteiger partial charge in [-0.05, 0) is 51.7 Å². The van der Waals surface area contributed by atoms with Gasteiger partial charge >= 0.3 is 0 Å². The monoisotopic (exact) mass is 353 g/mol. The van der Waals surface area contributed by atoms with Gasteiger partial charge in [-0.2, -0.15) is 0 Å². The van der Waals surface area contributed by atoms with Crippen LogP contribution in [0, 0.1) is 0 Å². The number of hydrogen-bond acceptors (Lipinski definition) is 2. The smallest absolute Gasteiger partial charge is 0.271 e. The molecule has 2 aliphatic heterocycles. The first kappa shape index (κ1) is 17.1. The van der Waals surface area contributed by atoms with Gasteiger partial charge in [0.25, 0.3) is 5.91 Å². The molecule has 0 saturated carbocycles. The number of hydrogen-bond donors (Lipinski definition) is 0. The van der Waals surface area contributed by atoms with Crippen molar-refractivity contribution in [3.8, 4) is 0 Å². The van der Waals surface area contributed by atoms with Crippen molar-refractivity contribution in [3.63, 3.8) is 0 Å². The maximum atomic E-state index is 13.5. The largest absolute Gasteiger partial charge is 0.340 e. The van der Waals surface area contributed by atoms with Crippen molar-refractivity contribution in [2.24, 2.45) is 7.05 Å². The van der Waals surface area contributed by atoms with Crippen LogP contribution in [0.4, 0.5) is 0 Å². The molecule has 4 rings (SSSR count). The molecule has 1 spiro atoms. The van der Waals surface area contributed by atoms with E-state index in [1.54, 1.807) is 0 Å². The molecule has 2 amide bonds. The minimum atomic E-state index is -0.643. The van der Waals surface area contributed by atoms with Crippen molar-refractivity contribution in [2.75, 3.05) is 13.1 Å². The predicted molar refractivity (Wildman–Crippen MR) is 102 cm³/mol. The summed E-state index contributed by atoms with van der Waals surface area (Å²) in [4.78, 5) is 30.6. The first-order valence-corrected chi connectivity index (χ1v) is 9.63. The summed E-state index contributed by atoms with van der Waals surface area (Å²) < 4.78 is 1.96. The third kappa shape index (κ3) is 2.37. The van der Waals surface area contributed by atoms with E-state index >= 15 is 0 Å². The third-order valence-electron chi connectivity index (χ3n) is 6.18. The van der Waals surface area contributed by atoms with E-state index in [1.165, 1.54) is 0 Å². The average Bonchev–Trinajstić information content (AvgIpc) is 3.19. The summed E-state index contributed by atoms with van der Waals surface area (Å²) >= 11 is 0. The Morgan fingerprint density at radius 3 is 2.50 bits per heavy atom. The number of carbonyl (C=O) groups is 2. The van der Waals surface area contributed by atoms with E-state index in [2.05, 4.69) is 13.8 Å². The molecule has 0 radical (unpaired) electrons. The van der Waals surface area contributed by atoms with Crippen LogP contribution in [0.15, 0.2) is 30.3 Å². The van der Waals surface area contributed by atoms with Crippen LogP contribution in [-0.2, 0) is 11.8 Å². The molecule has 0 aliphatic carbocycles.